The molecule has 198 valence electrons. The zero-order valence-corrected chi connectivity index (χ0v) is 21.0. The number of anilines is 3. The summed E-state index contributed by atoms with van der Waals surface area (Å²) in [5.41, 5.74) is 6.27. The number of hydrogen-bond donors (Lipinski definition) is 3. The van der Waals surface area contributed by atoms with Gasteiger partial charge < -0.3 is 21.3 Å². The minimum atomic E-state index is -4.69. The number of carbonyl (C=O) groups is 2. The summed E-state index contributed by atoms with van der Waals surface area (Å²) in [6.45, 7) is 0. The molecular formula is C25H22F4N6O2S. The first kappa shape index (κ1) is 26.8. The van der Waals surface area contributed by atoms with E-state index in [1.54, 1.807) is 38.4 Å². The monoisotopic (exact) mass is 546 g/mol. The summed E-state index contributed by atoms with van der Waals surface area (Å²) >= 11 is 1.41. The van der Waals surface area contributed by atoms with Gasteiger partial charge in [0.25, 0.3) is 0 Å². The van der Waals surface area contributed by atoms with Crippen molar-refractivity contribution >= 4 is 50.7 Å². The van der Waals surface area contributed by atoms with E-state index in [1.165, 1.54) is 22.6 Å². The summed E-state index contributed by atoms with van der Waals surface area (Å²) < 4.78 is 52.8. The van der Waals surface area contributed by atoms with Gasteiger partial charge >= 0.3 is 12.2 Å². The molecule has 0 unspecified atom stereocenters. The van der Waals surface area contributed by atoms with E-state index in [2.05, 4.69) is 20.6 Å². The van der Waals surface area contributed by atoms with E-state index < -0.39 is 29.3 Å². The molecule has 0 aliphatic heterocycles. The summed E-state index contributed by atoms with van der Waals surface area (Å²) in [6, 6.07) is 7.42. The van der Waals surface area contributed by atoms with E-state index in [4.69, 9.17) is 5.73 Å². The van der Waals surface area contributed by atoms with Crippen molar-refractivity contribution in [3.63, 3.8) is 0 Å². The summed E-state index contributed by atoms with van der Waals surface area (Å²) in [5, 5.41) is 5.22. The number of nitrogens with two attached hydrogens (primary N) is 1. The van der Waals surface area contributed by atoms with Crippen LogP contribution in [0.1, 0.15) is 16.9 Å². The molecule has 38 heavy (non-hydrogen) atoms. The molecule has 0 aliphatic rings. The highest BCUT2D eigenvalue weighted by molar-refractivity contribution is 7.19. The lowest BCUT2D eigenvalue weighted by atomic mass is 10.0. The van der Waals surface area contributed by atoms with Crippen LogP contribution < -0.4 is 16.4 Å². The second kappa shape index (κ2) is 10.6. The molecule has 0 fully saturated rings. The van der Waals surface area contributed by atoms with Crippen LogP contribution in [-0.4, -0.2) is 40.9 Å². The second-order valence-electron chi connectivity index (χ2n) is 8.48. The molecule has 0 saturated heterocycles. The molecule has 2 aromatic carbocycles. The van der Waals surface area contributed by atoms with Crippen LogP contribution in [0.5, 0.6) is 0 Å². The van der Waals surface area contributed by atoms with Gasteiger partial charge in [0, 0.05) is 36.6 Å². The lowest BCUT2D eigenvalue weighted by molar-refractivity contribution is -0.137. The number of aryl methyl sites for hydroxylation is 1. The van der Waals surface area contributed by atoms with Gasteiger partial charge in [-0.3, -0.25) is 4.79 Å². The molecule has 13 heteroatoms. The van der Waals surface area contributed by atoms with Crippen molar-refractivity contribution in [2.75, 3.05) is 30.5 Å². The first-order valence-electron chi connectivity index (χ1n) is 11.2. The van der Waals surface area contributed by atoms with E-state index in [9.17, 15) is 27.2 Å². The summed E-state index contributed by atoms with van der Waals surface area (Å²) in [6.07, 6.45) is -2.58. The van der Waals surface area contributed by atoms with Crippen LogP contribution in [0.15, 0.2) is 48.8 Å². The van der Waals surface area contributed by atoms with Crippen molar-refractivity contribution < 1.29 is 27.2 Å². The van der Waals surface area contributed by atoms with Crippen LogP contribution in [0.4, 0.5) is 39.5 Å². The van der Waals surface area contributed by atoms with Gasteiger partial charge in [0.05, 0.1) is 16.6 Å². The first-order chi connectivity index (χ1) is 17.9. The fraction of sp³-hybridized carbons (Fsp3) is 0.200. The van der Waals surface area contributed by atoms with Crippen molar-refractivity contribution in [2.45, 2.75) is 19.0 Å². The number of fused-ring (bicyclic) bond motifs is 1. The molecule has 2 aromatic heterocycles. The normalized spacial score (nSPS) is 11.4. The highest BCUT2D eigenvalue weighted by Crippen LogP contribution is 2.41. The van der Waals surface area contributed by atoms with E-state index in [0.29, 0.717) is 40.5 Å². The Morgan fingerprint density at radius 2 is 1.76 bits per heavy atom. The number of benzene rings is 2. The molecule has 4 N–H and O–H groups in total. The number of rotatable bonds is 6. The molecule has 0 bridgehead atoms. The zero-order valence-electron chi connectivity index (χ0n) is 20.2. The summed E-state index contributed by atoms with van der Waals surface area (Å²) in [7, 11) is 3.36. The predicted octanol–water partition coefficient (Wildman–Crippen LogP) is 5.76. The standard InChI is InChI=1S/C25H22F4N6O2S/c1-35(2)19(36)10-9-18-20(21-22(30)31-12-32-23(21)38-18)13-3-6-15(7-4-13)33-24(37)34-17-11-14(25(27,28)29)5-8-16(17)26/h3-8,11-12H,9-10H2,1-2H3,(H2,30,31,32)(H2,33,34,37). The van der Waals surface area contributed by atoms with Crippen molar-refractivity contribution in [1.82, 2.24) is 14.9 Å². The third-order valence-electron chi connectivity index (χ3n) is 5.63. The summed E-state index contributed by atoms with van der Waals surface area (Å²) in [5.74, 6) is -0.751. The maximum atomic E-state index is 14.0. The van der Waals surface area contributed by atoms with Crippen molar-refractivity contribution in [3.05, 3.63) is 65.0 Å². The Morgan fingerprint density at radius 3 is 2.42 bits per heavy atom. The van der Waals surface area contributed by atoms with Crippen LogP contribution >= 0.6 is 11.3 Å². The molecule has 0 aliphatic carbocycles. The largest absolute Gasteiger partial charge is 0.416 e. The van der Waals surface area contributed by atoms with Gasteiger partial charge in [-0.1, -0.05) is 12.1 Å². The smallest absolute Gasteiger partial charge is 0.383 e. The van der Waals surface area contributed by atoms with Crippen molar-refractivity contribution in [2.24, 2.45) is 0 Å². The number of nitrogens with one attached hydrogen (secondary N) is 2. The Bertz CT molecular complexity index is 1500. The highest BCUT2D eigenvalue weighted by Gasteiger charge is 2.31. The van der Waals surface area contributed by atoms with Crippen LogP contribution in [-0.2, 0) is 17.4 Å². The third kappa shape index (κ3) is 5.83. The van der Waals surface area contributed by atoms with E-state index in [-0.39, 0.29) is 18.1 Å². The maximum absolute atomic E-state index is 14.0. The van der Waals surface area contributed by atoms with Crippen LogP contribution in [0, 0.1) is 5.82 Å². The Morgan fingerprint density at radius 1 is 1.05 bits per heavy atom. The minimum absolute atomic E-state index is 0.0322. The van der Waals surface area contributed by atoms with E-state index in [0.717, 1.165) is 16.0 Å². The number of nitrogens with zero attached hydrogens (tertiary/aromatic N) is 3. The van der Waals surface area contributed by atoms with Crippen LogP contribution in [0.25, 0.3) is 21.3 Å². The average Bonchev–Trinajstić information content (AvgIpc) is 3.23. The first-order valence-corrected chi connectivity index (χ1v) is 12.0. The quantitative estimate of drug-likeness (QED) is 0.266. The predicted molar refractivity (Wildman–Crippen MR) is 138 cm³/mol. The average molecular weight is 547 g/mol. The Hall–Kier alpha value is -4.26. The van der Waals surface area contributed by atoms with Gasteiger partial charge in [-0.15, -0.1) is 11.3 Å². The molecule has 0 spiro atoms. The molecule has 0 saturated carbocycles. The second-order valence-corrected chi connectivity index (χ2v) is 9.56. The maximum Gasteiger partial charge on any atom is 0.416 e. The fourth-order valence-electron chi connectivity index (χ4n) is 3.73. The van der Waals surface area contributed by atoms with Crippen LogP contribution in [0.3, 0.4) is 0 Å². The molecule has 0 radical (unpaired) electrons. The van der Waals surface area contributed by atoms with Crippen molar-refractivity contribution in [3.8, 4) is 11.1 Å². The number of thiophene rings is 1. The van der Waals surface area contributed by atoms with Gasteiger partial charge in [-0.25, -0.2) is 19.2 Å². The molecule has 3 amide bonds. The zero-order chi connectivity index (χ0) is 27.6. The molecule has 4 aromatic rings. The SMILES string of the molecule is CN(C)C(=O)CCc1sc2ncnc(N)c2c1-c1ccc(NC(=O)Nc2cc(C(F)(F)F)ccc2F)cc1. The Kier molecular flexibility index (Phi) is 7.49. The number of aromatic nitrogens is 2. The lowest BCUT2D eigenvalue weighted by Gasteiger charge is -2.12. The fourth-order valence-corrected chi connectivity index (χ4v) is 4.90. The van der Waals surface area contributed by atoms with Crippen molar-refractivity contribution in [1.29, 1.82) is 0 Å². The number of nitrogen functional groups attached to an aromatic ring is 1. The lowest BCUT2D eigenvalue weighted by Crippen LogP contribution is -2.21. The van der Waals surface area contributed by atoms with Gasteiger partial charge in [-0.2, -0.15) is 13.2 Å². The Labute approximate surface area is 218 Å². The number of halogens is 4. The Balaban J connectivity index is 1.56. The van der Waals surface area contributed by atoms with E-state index >= 15 is 0 Å². The van der Waals surface area contributed by atoms with Gasteiger partial charge in [0.15, 0.2) is 0 Å². The third-order valence-corrected chi connectivity index (χ3v) is 6.79. The summed E-state index contributed by atoms with van der Waals surface area (Å²) in [4.78, 5) is 36.0. The van der Waals surface area contributed by atoms with E-state index in [1.807, 2.05) is 0 Å². The van der Waals surface area contributed by atoms with Gasteiger partial charge in [0.1, 0.15) is 22.8 Å². The molecule has 0 atom stereocenters. The number of alkyl halides is 3. The number of amides is 3. The molecular weight excluding hydrogens is 524 g/mol. The van der Waals surface area contributed by atoms with Crippen LogP contribution in [0.2, 0.25) is 0 Å². The van der Waals surface area contributed by atoms with Gasteiger partial charge in [0.2, 0.25) is 5.91 Å². The number of urea groups is 1. The molecule has 4 rings (SSSR count). The topological polar surface area (TPSA) is 113 Å². The van der Waals surface area contributed by atoms with Gasteiger partial charge in [-0.05, 0) is 42.3 Å². The molecule has 2 heterocycles. The highest BCUT2D eigenvalue weighted by atomic mass is 32.1. The minimum Gasteiger partial charge on any atom is -0.383 e. The number of hydrogen-bond acceptors (Lipinski definition) is 6. The number of carbonyl (C=O) groups excluding carboxylic acids is 2. The molecule has 8 nitrogen and oxygen atoms in total.